The van der Waals surface area contributed by atoms with Gasteiger partial charge in [0, 0.05) is 49.6 Å². The molecule has 3 heterocycles. The minimum atomic E-state index is -0.787. The molecule has 0 radical (unpaired) electrons. The number of nitrogens with one attached hydrogen (secondary N) is 3. The van der Waals surface area contributed by atoms with Gasteiger partial charge in [0.1, 0.15) is 11.4 Å². The highest BCUT2D eigenvalue weighted by Gasteiger charge is 2.19. The van der Waals surface area contributed by atoms with Crippen LogP contribution in [0.5, 0.6) is 0 Å². The number of aliphatic hydroxyl groups is 1. The molecule has 4 N–H and O–H groups in total. The van der Waals surface area contributed by atoms with Gasteiger partial charge < -0.3 is 30.2 Å². The molecule has 1 aliphatic rings. The second-order valence-corrected chi connectivity index (χ2v) is 9.52. The van der Waals surface area contributed by atoms with Crippen LogP contribution < -0.4 is 15.8 Å². The number of hydrogen-bond donors (Lipinski definition) is 4. The average Bonchev–Trinajstić information content (AvgIpc) is 3.27. The highest BCUT2D eigenvalue weighted by Crippen LogP contribution is 2.30. The Kier molecular flexibility index (Phi) is 6.51. The minimum Gasteiger partial charge on any atom is -0.387 e. The van der Waals surface area contributed by atoms with Crippen LogP contribution in [-0.2, 0) is 0 Å². The third-order valence-corrected chi connectivity index (χ3v) is 6.78. The van der Waals surface area contributed by atoms with Crippen molar-refractivity contribution < 1.29 is 5.11 Å². The first-order valence-electron chi connectivity index (χ1n) is 11.7. The van der Waals surface area contributed by atoms with Crippen LogP contribution in [0.2, 0.25) is 5.02 Å². The first-order valence-corrected chi connectivity index (χ1v) is 12.1. The minimum absolute atomic E-state index is 0.212. The standard InChI is InChI=1S/C26H29ClN6O2/c1-16-12-19(33-10-8-32(2)9-11-33)14-21-24(16)31-25(30-21)23-20(6-7-28-26(23)35)29-15-22(34)17-4-3-5-18(27)13-17/h3-7,12-14,22,34H,8-11,15H2,1-2H3,(H,30,31)(H2,28,29,35)/t22-/m0/s1. The van der Waals surface area contributed by atoms with Crippen molar-refractivity contribution in [3.8, 4) is 11.4 Å². The molecular formula is C26H29ClN6O2. The third-order valence-electron chi connectivity index (χ3n) is 6.55. The van der Waals surface area contributed by atoms with E-state index in [9.17, 15) is 9.90 Å². The first kappa shape index (κ1) is 23.4. The van der Waals surface area contributed by atoms with E-state index in [1.807, 2.05) is 13.0 Å². The highest BCUT2D eigenvalue weighted by molar-refractivity contribution is 6.30. The molecule has 8 nitrogen and oxygen atoms in total. The number of likely N-dealkylation sites (N-methyl/N-ethyl adjacent to an activating group) is 1. The van der Waals surface area contributed by atoms with Crippen LogP contribution in [0.1, 0.15) is 17.2 Å². The maximum absolute atomic E-state index is 12.9. The predicted octanol–water partition coefficient (Wildman–Crippen LogP) is 3.78. The van der Waals surface area contributed by atoms with Crippen molar-refractivity contribution in [3.63, 3.8) is 0 Å². The van der Waals surface area contributed by atoms with Crippen LogP contribution in [0, 0.1) is 6.92 Å². The second kappa shape index (κ2) is 9.73. The molecule has 5 rings (SSSR count). The van der Waals surface area contributed by atoms with E-state index in [1.54, 1.807) is 30.5 Å². The zero-order chi connectivity index (χ0) is 24.5. The van der Waals surface area contributed by atoms with Gasteiger partial charge in [-0.05, 0) is 55.4 Å². The number of aliphatic hydroxyl groups excluding tert-OH is 1. The molecule has 4 aromatic rings. The Labute approximate surface area is 208 Å². The largest absolute Gasteiger partial charge is 0.387 e. The Morgan fingerprint density at radius 2 is 1.97 bits per heavy atom. The van der Waals surface area contributed by atoms with Gasteiger partial charge >= 0.3 is 0 Å². The zero-order valence-electron chi connectivity index (χ0n) is 19.8. The van der Waals surface area contributed by atoms with Gasteiger partial charge in [0.05, 0.1) is 22.8 Å². The lowest BCUT2D eigenvalue weighted by Crippen LogP contribution is -2.44. The van der Waals surface area contributed by atoms with E-state index in [-0.39, 0.29) is 12.1 Å². The highest BCUT2D eigenvalue weighted by atomic mass is 35.5. The van der Waals surface area contributed by atoms with Crippen LogP contribution in [0.3, 0.4) is 0 Å². The van der Waals surface area contributed by atoms with Gasteiger partial charge in [-0.15, -0.1) is 0 Å². The number of fused-ring (bicyclic) bond motifs is 1. The number of rotatable bonds is 6. The SMILES string of the molecule is Cc1cc(N2CCN(C)CC2)cc2[nH]c(-c3c(NC[C@H](O)c4cccc(Cl)c4)cc[nH]c3=O)nc12. The molecule has 0 spiro atoms. The summed E-state index contributed by atoms with van der Waals surface area (Å²) in [6, 6.07) is 13.2. The van der Waals surface area contributed by atoms with E-state index in [4.69, 9.17) is 16.6 Å². The second-order valence-electron chi connectivity index (χ2n) is 9.08. The number of nitrogens with zero attached hydrogens (tertiary/aromatic N) is 3. The third kappa shape index (κ3) is 4.91. The van der Waals surface area contributed by atoms with Crippen molar-refractivity contribution in [2.45, 2.75) is 13.0 Å². The summed E-state index contributed by atoms with van der Waals surface area (Å²) in [6.45, 7) is 6.26. The summed E-state index contributed by atoms with van der Waals surface area (Å²) in [7, 11) is 2.14. The summed E-state index contributed by atoms with van der Waals surface area (Å²) >= 11 is 6.06. The van der Waals surface area contributed by atoms with Crippen molar-refractivity contribution in [2.75, 3.05) is 50.0 Å². The van der Waals surface area contributed by atoms with Crippen LogP contribution in [0.4, 0.5) is 11.4 Å². The maximum atomic E-state index is 12.9. The van der Waals surface area contributed by atoms with Gasteiger partial charge in [-0.25, -0.2) is 4.98 Å². The Bertz CT molecular complexity index is 1410. The van der Waals surface area contributed by atoms with Gasteiger partial charge in [0.25, 0.3) is 5.56 Å². The zero-order valence-corrected chi connectivity index (χ0v) is 20.6. The molecule has 0 saturated carbocycles. The Balaban J connectivity index is 1.44. The van der Waals surface area contributed by atoms with Crippen molar-refractivity contribution in [3.05, 3.63) is 75.2 Å². The Morgan fingerprint density at radius 3 is 2.74 bits per heavy atom. The normalized spacial score (nSPS) is 15.5. The molecule has 1 atom stereocenters. The van der Waals surface area contributed by atoms with Crippen molar-refractivity contribution in [1.82, 2.24) is 19.9 Å². The molecule has 182 valence electrons. The lowest BCUT2D eigenvalue weighted by atomic mass is 10.1. The number of imidazole rings is 1. The number of piperazine rings is 1. The summed E-state index contributed by atoms with van der Waals surface area (Å²) in [6.07, 6.45) is 0.796. The molecule has 9 heteroatoms. The molecule has 35 heavy (non-hydrogen) atoms. The van der Waals surface area contributed by atoms with E-state index in [1.165, 1.54) is 0 Å². The molecule has 0 aliphatic carbocycles. The fraction of sp³-hybridized carbons (Fsp3) is 0.308. The number of halogens is 1. The molecule has 2 aromatic heterocycles. The molecule has 0 bridgehead atoms. The summed E-state index contributed by atoms with van der Waals surface area (Å²) in [5, 5.41) is 14.4. The molecule has 1 aliphatic heterocycles. The van der Waals surface area contributed by atoms with Gasteiger partial charge in [0.2, 0.25) is 0 Å². The Hall–Kier alpha value is -3.33. The van der Waals surface area contributed by atoms with Crippen molar-refractivity contribution in [1.29, 1.82) is 0 Å². The fourth-order valence-electron chi connectivity index (χ4n) is 4.54. The average molecular weight is 493 g/mol. The number of hydrogen-bond acceptors (Lipinski definition) is 6. The first-order chi connectivity index (χ1) is 16.9. The van der Waals surface area contributed by atoms with E-state index < -0.39 is 6.10 Å². The Morgan fingerprint density at radius 1 is 1.17 bits per heavy atom. The molecule has 0 amide bonds. The number of pyridine rings is 1. The molecule has 0 unspecified atom stereocenters. The lowest BCUT2D eigenvalue weighted by molar-refractivity contribution is 0.191. The molecule has 1 fully saturated rings. The van der Waals surface area contributed by atoms with Crippen molar-refractivity contribution >= 4 is 34.0 Å². The van der Waals surface area contributed by atoms with Crippen LogP contribution >= 0.6 is 11.6 Å². The van der Waals surface area contributed by atoms with Gasteiger partial charge in [-0.3, -0.25) is 4.79 Å². The van der Waals surface area contributed by atoms with E-state index in [2.05, 4.69) is 44.3 Å². The molecular weight excluding hydrogens is 464 g/mol. The fourth-order valence-corrected chi connectivity index (χ4v) is 4.74. The van der Waals surface area contributed by atoms with Crippen LogP contribution in [0.15, 0.2) is 53.5 Å². The number of benzene rings is 2. The number of aromatic nitrogens is 3. The summed E-state index contributed by atoms with van der Waals surface area (Å²) in [5.41, 5.74) is 5.37. The summed E-state index contributed by atoms with van der Waals surface area (Å²) < 4.78 is 0. The maximum Gasteiger partial charge on any atom is 0.261 e. The monoisotopic (exact) mass is 492 g/mol. The number of anilines is 2. The van der Waals surface area contributed by atoms with Gasteiger partial charge in [-0.1, -0.05) is 23.7 Å². The predicted molar refractivity (Wildman–Crippen MR) is 141 cm³/mol. The smallest absolute Gasteiger partial charge is 0.261 e. The number of aryl methyl sites for hydroxylation is 1. The lowest BCUT2D eigenvalue weighted by Gasteiger charge is -2.34. The summed E-state index contributed by atoms with van der Waals surface area (Å²) in [5.74, 6) is 0.486. The molecule has 1 saturated heterocycles. The van der Waals surface area contributed by atoms with E-state index in [0.717, 1.165) is 48.5 Å². The van der Waals surface area contributed by atoms with Gasteiger partial charge in [0.15, 0.2) is 0 Å². The topological polar surface area (TPSA) is 100 Å². The van der Waals surface area contributed by atoms with Crippen molar-refractivity contribution in [2.24, 2.45) is 0 Å². The van der Waals surface area contributed by atoms with E-state index >= 15 is 0 Å². The van der Waals surface area contributed by atoms with Gasteiger partial charge in [-0.2, -0.15) is 0 Å². The number of H-pyrrole nitrogens is 2. The van der Waals surface area contributed by atoms with E-state index in [0.29, 0.717) is 27.7 Å². The quantitative estimate of drug-likeness (QED) is 0.327. The summed E-state index contributed by atoms with van der Waals surface area (Å²) in [4.78, 5) is 28.4. The molecule has 2 aromatic carbocycles. The number of aromatic amines is 2. The van der Waals surface area contributed by atoms with Crippen LogP contribution in [0.25, 0.3) is 22.4 Å². The van der Waals surface area contributed by atoms with Crippen LogP contribution in [-0.4, -0.2) is 64.7 Å².